The van der Waals surface area contributed by atoms with E-state index in [1.165, 1.54) is 11.8 Å². The molecule has 12 nitrogen and oxygen atoms in total. The molecule has 0 saturated carbocycles. The summed E-state index contributed by atoms with van der Waals surface area (Å²) in [4.78, 5) is 59.2. The van der Waals surface area contributed by atoms with Gasteiger partial charge in [-0.1, -0.05) is 0 Å². The Morgan fingerprint density at radius 3 is 1.90 bits per heavy atom. The minimum Gasteiger partial charge on any atom is -0.481 e. The number of unbranched alkanes of at least 4 members (excludes halogenated alkanes) is 1. The van der Waals surface area contributed by atoms with Crippen molar-refractivity contribution in [2.24, 2.45) is 11.5 Å². The second-order valence-electron chi connectivity index (χ2n) is 6.78. The monoisotopic (exact) mass is 463 g/mol. The fourth-order valence-corrected chi connectivity index (χ4v) is 3.06. The zero-order chi connectivity index (χ0) is 23.8. The SMILES string of the molecule is CSCCC(NC(=O)C(CCC(=O)O)NC(=O)CN)C(=O)NC(CCCCN)C(=O)O. The largest absolute Gasteiger partial charge is 0.481 e. The maximum absolute atomic E-state index is 12.7. The Kier molecular flexibility index (Phi) is 15.1. The molecule has 178 valence electrons. The molecule has 0 aromatic rings. The Morgan fingerprint density at radius 2 is 1.42 bits per heavy atom. The van der Waals surface area contributed by atoms with Gasteiger partial charge < -0.3 is 37.6 Å². The fourth-order valence-electron chi connectivity index (χ4n) is 2.59. The van der Waals surface area contributed by atoms with Crippen molar-refractivity contribution in [3.8, 4) is 0 Å². The minimum absolute atomic E-state index is 0.190. The summed E-state index contributed by atoms with van der Waals surface area (Å²) < 4.78 is 0. The zero-order valence-electron chi connectivity index (χ0n) is 17.6. The summed E-state index contributed by atoms with van der Waals surface area (Å²) >= 11 is 1.43. The number of carboxylic acids is 2. The summed E-state index contributed by atoms with van der Waals surface area (Å²) in [6.45, 7) is 0.00920. The number of carbonyl (C=O) groups excluding carboxylic acids is 3. The van der Waals surface area contributed by atoms with Gasteiger partial charge in [-0.2, -0.15) is 11.8 Å². The van der Waals surface area contributed by atoms with Crippen LogP contribution in [-0.4, -0.2) is 83.1 Å². The third kappa shape index (κ3) is 12.8. The molecule has 9 N–H and O–H groups in total. The first-order valence-corrected chi connectivity index (χ1v) is 11.3. The van der Waals surface area contributed by atoms with Crippen LogP contribution in [0.15, 0.2) is 0 Å². The van der Waals surface area contributed by atoms with Crippen molar-refractivity contribution in [3.05, 3.63) is 0 Å². The Balaban J connectivity index is 5.27. The van der Waals surface area contributed by atoms with Crippen molar-refractivity contribution in [2.45, 2.75) is 56.7 Å². The average molecular weight is 464 g/mol. The molecule has 0 spiro atoms. The number of nitrogens with one attached hydrogen (secondary N) is 3. The minimum atomic E-state index is -1.20. The normalized spacial score (nSPS) is 13.5. The zero-order valence-corrected chi connectivity index (χ0v) is 18.4. The van der Waals surface area contributed by atoms with Gasteiger partial charge in [-0.15, -0.1) is 0 Å². The molecule has 3 atom stereocenters. The van der Waals surface area contributed by atoms with Gasteiger partial charge in [0.15, 0.2) is 0 Å². The van der Waals surface area contributed by atoms with E-state index < -0.39 is 54.3 Å². The number of carboxylic acid groups (broad SMARTS) is 2. The Bertz CT molecular complexity index is 620. The van der Waals surface area contributed by atoms with Crippen molar-refractivity contribution in [1.29, 1.82) is 0 Å². The first kappa shape index (κ1) is 28.6. The number of aliphatic carboxylic acids is 2. The topological polar surface area (TPSA) is 214 Å². The van der Waals surface area contributed by atoms with Crippen LogP contribution in [0.2, 0.25) is 0 Å². The summed E-state index contributed by atoms with van der Waals surface area (Å²) in [6.07, 6.45) is 2.75. The molecule has 0 aromatic heterocycles. The molecule has 0 aliphatic heterocycles. The second-order valence-corrected chi connectivity index (χ2v) is 7.77. The van der Waals surface area contributed by atoms with E-state index in [4.69, 9.17) is 16.6 Å². The lowest BCUT2D eigenvalue weighted by atomic mass is 10.1. The van der Waals surface area contributed by atoms with Gasteiger partial charge in [0.05, 0.1) is 6.54 Å². The first-order chi connectivity index (χ1) is 14.7. The summed E-state index contributed by atoms with van der Waals surface area (Å²) in [5, 5.41) is 25.5. The lowest BCUT2D eigenvalue weighted by Crippen LogP contribution is -2.56. The van der Waals surface area contributed by atoms with Gasteiger partial charge in [-0.3, -0.25) is 19.2 Å². The molecular weight excluding hydrogens is 430 g/mol. The summed E-state index contributed by atoms with van der Waals surface area (Å²) in [7, 11) is 0. The van der Waals surface area contributed by atoms with Crippen molar-refractivity contribution in [3.63, 3.8) is 0 Å². The van der Waals surface area contributed by atoms with Gasteiger partial charge in [0.25, 0.3) is 0 Å². The van der Waals surface area contributed by atoms with Crippen molar-refractivity contribution in [1.82, 2.24) is 16.0 Å². The van der Waals surface area contributed by atoms with Crippen LogP contribution in [0.3, 0.4) is 0 Å². The first-order valence-electron chi connectivity index (χ1n) is 9.90. The Hall–Kier alpha value is -2.38. The van der Waals surface area contributed by atoms with Crippen LogP contribution in [0.25, 0.3) is 0 Å². The molecule has 0 saturated heterocycles. The van der Waals surface area contributed by atoms with Crippen LogP contribution in [-0.2, 0) is 24.0 Å². The number of hydrogen-bond donors (Lipinski definition) is 7. The van der Waals surface area contributed by atoms with E-state index in [0.29, 0.717) is 25.1 Å². The number of rotatable bonds is 17. The molecule has 0 rings (SSSR count). The molecule has 0 bridgehead atoms. The molecule has 0 radical (unpaired) electrons. The molecule has 13 heteroatoms. The van der Waals surface area contributed by atoms with E-state index in [1.807, 2.05) is 0 Å². The molecule has 0 aliphatic rings. The molecule has 3 amide bonds. The van der Waals surface area contributed by atoms with Gasteiger partial charge in [0.1, 0.15) is 18.1 Å². The van der Waals surface area contributed by atoms with Crippen LogP contribution in [0.1, 0.15) is 38.5 Å². The third-order valence-electron chi connectivity index (χ3n) is 4.29. The molecule has 0 fully saturated rings. The molecular formula is C18H33N5O7S. The summed E-state index contributed by atoms with van der Waals surface area (Å²) in [5.41, 5.74) is 10.6. The molecule has 31 heavy (non-hydrogen) atoms. The highest BCUT2D eigenvalue weighted by atomic mass is 32.2. The van der Waals surface area contributed by atoms with Crippen LogP contribution in [0.4, 0.5) is 0 Å². The summed E-state index contributed by atoms with van der Waals surface area (Å²) in [5.74, 6) is -3.93. The van der Waals surface area contributed by atoms with E-state index in [0.717, 1.165) is 0 Å². The highest BCUT2D eigenvalue weighted by Gasteiger charge is 2.29. The standard InChI is InChI=1S/C18H33N5O7S/c1-31-9-7-12(17(28)23-13(18(29)30)4-2-3-8-19)22-16(27)11(5-6-15(25)26)21-14(24)10-20/h11-13H,2-10,19-20H2,1H3,(H,21,24)(H,22,27)(H,23,28)(H,25,26)(H,29,30). The van der Waals surface area contributed by atoms with Crippen LogP contribution in [0.5, 0.6) is 0 Å². The van der Waals surface area contributed by atoms with Gasteiger partial charge in [0, 0.05) is 6.42 Å². The Morgan fingerprint density at radius 1 is 0.839 bits per heavy atom. The average Bonchev–Trinajstić information content (AvgIpc) is 2.72. The maximum atomic E-state index is 12.7. The van der Waals surface area contributed by atoms with Gasteiger partial charge in [-0.05, 0) is 50.7 Å². The van der Waals surface area contributed by atoms with E-state index in [1.54, 1.807) is 6.26 Å². The van der Waals surface area contributed by atoms with Crippen LogP contribution >= 0.6 is 11.8 Å². The highest BCUT2D eigenvalue weighted by Crippen LogP contribution is 2.07. The van der Waals surface area contributed by atoms with Crippen molar-refractivity contribution < 1.29 is 34.2 Å². The molecule has 3 unspecified atom stereocenters. The predicted octanol–water partition coefficient (Wildman–Crippen LogP) is -1.77. The molecule has 0 aromatic carbocycles. The lowest BCUT2D eigenvalue weighted by molar-refractivity contribution is -0.142. The van der Waals surface area contributed by atoms with Crippen LogP contribution < -0.4 is 27.4 Å². The number of hydrogen-bond acceptors (Lipinski definition) is 8. The Labute approximate surface area is 185 Å². The van der Waals surface area contributed by atoms with E-state index >= 15 is 0 Å². The number of carbonyl (C=O) groups is 5. The quantitative estimate of drug-likeness (QED) is 0.120. The highest BCUT2D eigenvalue weighted by molar-refractivity contribution is 7.98. The molecule has 0 heterocycles. The predicted molar refractivity (Wildman–Crippen MR) is 115 cm³/mol. The van der Waals surface area contributed by atoms with Gasteiger partial charge in [0.2, 0.25) is 17.7 Å². The maximum Gasteiger partial charge on any atom is 0.326 e. The van der Waals surface area contributed by atoms with Gasteiger partial charge >= 0.3 is 11.9 Å². The van der Waals surface area contributed by atoms with Crippen molar-refractivity contribution >= 4 is 41.4 Å². The van der Waals surface area contributed by atoms with E-state index in [9.17, 15) is 29.1 Å². The third-order valence-corrected chi connectivity index (χ3v) is 4.93. The number of nitrogens with two attached hydrogens (primary N) is 2. The summed E-state index contributed by atoms with van der Waals surface area (Å²) in [6, 6.07) is -3.39. The van der Waals surface area contributed by atoms with E-state index in [2.05, 4.69) is 16.0 Å². The van der Waals surface area contributed by atoms with Gasteiger partial charge in [-0.25, -0.2) is 4.79 Å². The fraction of sp³-hybridized carbons (Fsp3) is 0.722. The smallest absolute Gasteiger partial charge is 0.326 e. The second kappa shape index (κ2) is 16.3. The van der Waals surface area contributed by atoms with E-state index in [-0.39, 0.29) is 25.7 Å². The lowest BCUT2D eigenvalue weighted by Gasteiger charge is -2.24. The van der Waals surface area contributed by atoms with Crippen molar-refractivity contribution in [2.75, 3.05) is 25.1 Å². The number of thioether (sulfide) groups is 1. The molecule has 0 aliphatic carbocycles. The van der Waals surface area contributed by atoms with Crippen LogP contribution in [0, 0.1) is 0 Å². The number of amides is 3.